The molecule has 158 valence electrons. The molecule has 2 amide bonds. The second-order valence-corrected chi connectivity index (χ2v) is 8.89. The minimum absolute atomic E-state index is 0.101. The zero-order valence-electron chi connectivity index (χ0n) is 18.0. The Kier molecular flexibility index (Phi) is 6.14. The number of thioether (sulfide) groups is 1. The van der Waals surface area contributed by atoms with Crippen molar-refractivity contribution in [3.63, 3.8) is 0 Å². The van der Waals surface area contributed by atoms with Crippen molar-refractivity contribution in [2.45, 2.75) is 32.6 Å². The summed E-state index contributed by atoms with van der Waals surface area (Å²) >= 11 is 1.61. The average molecular weight is 431 g/mol. The Morgan fingerprint density at radius 1 is 1.03 bits per heavy atom. The summed E-state index contributed by atoms with van der Waals surface area (Å²) in [4.78, 5) is 27.2. The maximum absolute atomic E-state index is 12.7. The van der Waals surface area contributed by atoms with Gasteiger partial charge in [0, 0.05) is 16.9 Å². The molecule has 0 aromatic heterocycles. The van der Waals surface area contributed by atoms with Crippen LogP contribution in [0.4, 0.5) is 11.4 Å². The van der Waals surface area contributed by atoms with Crippen LogP contribution < -0.4 is 10.2 Å². The molecule has 31 heavy (non-hydrogen) atoms. The Hall–Kier alpha value is -3.05. The van der Waals surface area contributed by atoms with E-state index in [4.69, 9.17) is 0 Å². The van der Waals surface area contributed by atoms with Crippen molar-refractivity contribution in [2.75, 3.05) is 16.0 Å². The summed E-state index contributed by atoms with van der Waals surface area (Å²) < 4.78 is 0. The highest BCUT2D eigenvalue weighted by Gasteiger charge is 2.34. The lowest BCUT2D eigenvalue weighted by Gasteiger charge is -2.25. The van der Waals surface area contributed by atoms with Crippen LogP contribution in [0.2, 0.25) is 0 Å². The van der Waals surface area contributed by atoms with Gasteiger partial charge in [0.2, 0.25) is 5.91 Å². The van der Waals surface area contributed by atoms with Gasteiger partial charge in [0.05, 0.1) is 5.75 Å². The Morgan fingerprint density at radius 2 is 1.81 bits per heavy atom. The van der Waals surface area contributed by atoms with Gasteiger partial charge in [-0.2, -0.15) is 0 Å². The molecule has 1 atom stereocenters. The molecule has 0 aliphatic carbocycles. The number of nitrogens with one attached hydrogen (secondary N) is 1. The van der Waals surface area contributed by atoms with Gasteiger partial charge in [0.25, 0.3) is 5.91 Å². The molecule has 1 heterocycles. The van der Waals surface area contributed by atoms with Gasteiger partial charge < -0.3 is 5.32 Å². The van der Waals surface area contributed by atoms with E-state index in [1.165, 1.54) is 11.1 Å². The van der Waals surface area contributed by atoms with Crippen molar-refractivity contribution in [3.05, 3.63) is 94.5 Å². The maximum Gasteiger partial charge on any atom is 0.255 e. The molecule has 3 aromatic carbocycles. The number of carbonyl (C=O) groups excluding carboxylic acids is 2. The molecule has 1 fully saturated rings. The van der Waals surface area contributed by atoms with Crippen molar-refractivity contribution in [2.24, 2.45) is 0 Å². The summed E-state index contributed by atoms with van der Waals surface area (Å²) in [5, 5.41) is 2.87. The van der Waals surface area contributed by atoms with Crippen LogP contribution in [0.25, 0.3) is 0 Å². The lowest BCUT2D eigenvalue weighted by Crippen LogP contribution is -2.28. The van der Waals surface area contributed by atoms with E-state index in [0.717, 1.165) is 28.9 Å². The largest absolute Gasteiger partial charge is 0.322 e. The summed E-state index contributed by atoms with van der Waals surface area (Å²) in [5.41, 5.74) is 6.83. The minimum Gasteiger partial charge on any atom is -0.322 e. The molecule has 1 N–H and O–H groups in total. The summed E-state index contributed by atoms with van der Waals surface area (Å²) in [7, 11) is 0. The van der Waals surface area contributed by atoms with Crippen molar-refractivity contribution in [3.8, 4) is 0 Å². The number of carbonyl (C=O) groups is 2. The highest BCUT2D eigenvalue weighted by molar-refractivity contribution is 8.00. The normalized spacial score (nSPS) is 15.9. The number of nitrogens with zero attached hydrogens (tertiary/aromatic N) is 1. The van der Waals surface area contributed by atoms with E-state index in [2.05, 4.69) is 38.2 Å². The third kappa shape index (κ3) is 4.52. The molecule has 4 rings (SSSR count). The fraction of sp³-hybridized carbons (Fsp3) is 0.231. The van der Waals surface area contributed by atoms with Crippen LogP contribution in [0.15, 0.2) is 66.7 Å². The van der Waals surface area contributed by atoms with Gasteiger partial charge in [0.1, 0.15) is 5.37 Å². The number of rotatable bonds is 5. The molecule has 1 aliphatic heterocycles. The molecule has 1 aliphatic rings. The Balaban J connectivity index is 1.57. The van der Waals surface area contributed by atoms with Crippen LogP contribution in [0.1, 0.15) is 44.9 Å². The number of hydrogen-bond acceptors (Lipinski definition) is 3. The first-order valence-corrected chi connectivity index (χ1v) is 11.5. The van der Waals surface area contributed by atoms with E-state index in [9.17, 15) is 9.59 Å². The summed E-state index contributed by atoms with van der Waals surface area (Å²) in [6, 6.07) is 21.6. The van der Waals surface area contributed by atoms with E-state index >= 15 is 0 Å². The Morgan fingerprint density at radius 3 is 2.52 bits per heavy atom. The molecule has 0 radical (unpaired) electrons. The molecule has 0 bridgehead atoms. The number of anilines is 2. The first-order valence-electron chi connectivity index (χ1n) is 10.5. The van der Waals surface area contributed by atoms with Gasteiger partial charge in [-0.15, -0.1) is 11.8 Å². The van der Waals surface area contributed by atoms with Gasteiger partial charge in [-0.1, -0.05) is 37.3 Å². The van der Waals surface area contributed by atoms with Crippen molar-refractivity contribution in [1.29, 1.82) is 0 Å². The predicted octanol–water partition coefficient (Wildman–Crippen LogP) is 5.90. The second kappa shape index (κ2) is 8.98. The molecule has 0 spiro atoms. The van der Waals surface area contributed by atoms with Crippen molar-refractivity contribution >= 4 is 35.0 Å². The molecule has 4 nitrogen and oxygen atoms in total. The zero-order chi connectivity index (χ0) is 22.0. The van der Waals surface area contributed by atoms with E-state index in [1.54, 1.807) is 11.8 Å². The maximum atomic E-state index is 12.7. The first-order chi connectivity index (χ1) is 15.0. The zero-order valence-corrected chi connectivity index (χ0v) is 18.8. The lowest BCUT2D eigenvalue weighted by molar-refractivity contribution is -0.115. The Bertz CT molecular complexity index is 1120. The second-order valence-electron chi connectivity index (χ2n) is 7.83. The standard InChI is InChI=1S/C26H26N2O2S/c1-4-19-9-11-20(12-10-19)25(30)27-22-7-5-6-21(15-22)26-28(24(29)16-31-26)23-13-8-17(2)18(3)14-23/h5-15,26H,4,16H2,1-3H3,(H,27,30)/t26-/m1/s1. The van der Waals surface area contributed by atoms with Crippen LogP contribution in [-0.2, 0) is 11.2 Å². The molecule has 3 aromatic rings. The van der Waals surface area contributed by atoms with E-state index < -0.39 is 0 Å². The topological polar surface area (TPSA) is 49.4 Å². The van der Waals surface area contributed by atoms with Gasteiger partial charge in [0.15, 0.2) is 0 Å². The van der Waals surface area contributed by atoms with Gasteiger partial charge in [-0.25, -0.2) is 0 Å². The van der Waals surface area contributed by atoms with Crippen molar-refractivity contribution < 1.29 is 9.59 Å². The quantitative estimate of drug-likeness (QED) is 0.548. The van der Waals surface area contributed by atoms with Crippen LogP contribution in [0.5, 0.6) is 0 Å². The first kappa shape index (κ1) is 21.2. The minimum atomic E-state index is -0.138. The Labute approximate surface area is 187 Å². The fourth-order valence-corrected chi connectivity index (χ4v) is 4.86. The monoisotopic (exact) mass is 430 g/mol. The van der Waals surface area contributed by atoms with Gasteiger partial charge >= 0.3 is 0 Å². The summed E-state index contributed by atoms with van der Waals surface area (Å²) in [5.74, 6) is 0.405. The number of amides is 2. The number of benzene rings is 3. The number of aryl methyl sites for hydroxylation is 3. The SMILES string of the molecule is CCc1ccc(C(=O)Nc2cccc([C@H]3SCC(=O)N3c3ccc(C)c(C)c3)c2)cc1. The number of hydrogen-bond donors (Lipinski definition) is 1. The van der Waals surface area contributed by atoms with Crippen LogP contribution in [0, 0.1) is 13.8 Å². The van der Waals surface area contributed by atoms with E-state index in [1.807, 2.05) is 59.5 Å². The average Bonchev–Trinajstić information content (AvgIpc) is 3.17. The van der Waals surface area contributed by atoms with Gasteiger partial charge in [-0.05, 0) is 78.9 Å². The molecular weight excluding hydrogens is 404 g/mol. The fourth-order valence-electron chi connectivity index (χ4n) is 3.69. The summed E-state index contributed by atoms with van der Waals surface area (Å²) in [6.07, 6.45) is 0.943. The van der Waals surface area contributed by atoms with Crippen molar-refractivity contribution in [1.82, 2.24) is 0 Å². The molecular formula is C26H26N2O2S. The van der Waals surface area contributed by atoms with Crippen LogP contribution in [-0.4, -0.2) is 17.6 Å². The van der Waals surface area contributed by atoms with E-state index in [0.29, 0.717) is 11.3 Å². The molecule has 0 unspecified atom stereocenters. The van der Waals surface area contributed by atoms with Gasteiger partial charge in [-0.3, -0.25) is 14.5 Å². The van der Waals surface area contributed by atoms with Crippen LogP contribution in [0.3, 0.4) is 0 Å². The molecule has 0 saturated carbocycles. The predicted molar refractivity (Wildman–Crippen MR) is 129 cm³/mol. The lowest BCUT2D eigenvalue weighted by atomic mass is 10.1. The third-order valence-electron chi connectivity index (χ3n) is 5.69. The van der Waals surface area contributed by atoms with Crippen LogP contribution >= 0.6 is 11.8 Å². The highest BCUT2D eigenvalue weighted by atomic mass is 32.2. The molecule has 1 saturated heterocycles. The molecule has 5 heteroatoms. The smallest absolute Gasteiger partial charge is 0.255 e. The highest BCUT2D eigenvalue weighted by Crippen LogP contribution is 2.42. The summed E-state index contributed by atoms with van der Waals surface area (Å²) in [6.45, 7) is 6.22. The van der Waals surface area contributed by atoms with E-state index in [-0.39, 0.29) is 17.2 Å². The third-order valence-corrected chi connectivity index (χ3v) is 6.90.